The molecule has 7 nitrogen and oxygen atoms in total. The van der Waals surface area contributed by atoms with Gasteiger partial charge in [-0.1, -0.05) is 75.9 Å². The summed E-state index contributed by atoms with van der Waals surface area (Å²) in [5.74, 6) is 0.589. The van der Waals surface area contributed by atoms with Crippen LogP contribution in [0.15, 0.2) is 84.2 Å². The topological polar surface area (TPSA) is 72.3 Å². The molecule has 1 aliphatic rings. The number of ether oxygens (including phenoxy) is 1. The second-order valence-electron chi connectivity index (χ2n) is 13.0. The lowest BCUT2D eigenvalue weighted by molar-refractivity contribution is -0.274. The third-order valence-corrected chi connectivity index (χ3v) is 9.15. The van der Waals surface area contributed by atoms with Crippen molar-refractivity contribution in [2.75, 3.05) is 4.90 Å². The number of anilines is 1. The van der Waals surface area contributed by atoms with Crippen molar-refractivity contribution in [2.45, 2.75) is 78.6 Å². The second-order valence-corrected chi connectivity index (χ2v) is 13.9. The zero-order chi connectivity index (χ0) is 33.9. The number of carbonyl (C=O) groups excluding carboxylic acids is 1. The van der Waals surface area contributed by atoms with E-state index in [0.29, 0.717) is 23.9 Å². The molecule has 1 atom stereocenters. The van der Waals surface area contributed by atoms with Gasteiger partial charge in [-0.3, -0.25) is 4.79 Å². The van der Waals surface area contributed by atoms with Crippen molar-refractivity contribution in [3.63, 3.8) is 0 Å². The van der Waals surface area contributed by atoms with E-state index in [0.717, 1.165) is 35.4 Å². The summed E-state index contributed by atoms with van der Waals surface area (Å²) in [5, 5.41) is 9.86. The molecule has 1 N–H and O–H groups in total. The number of carbonyl (C=O) groups is 1. The van der Waals surface area contributed by atoms with E-state index in [2.05, 4.69) is 90.2 Å². The van der Waals surface area contributed by atoms with E-state index < -0.39 is 6.36 Å². The van der Waals surface area contributed by atoms with E-state index in [1.165, 1.54) is 46.4 Å². The van der Waals surface area contributed by atoms with Gasteiger partial charge in [0.1, 0.15) is 12.1 Å². The molecule has 1 amide bonds. The van der Waals surface area contributed by atoms with Crippen LogP contribution in [0.2, 0.25) is 0 Å². The Balaban J connectivity index is 1.16. The molecule has 0 aliphatic carbocycles. The number of nitrogens with zero attached hydrogens (tertiary/aromatic N) is 4. The Hall–Kier alpha value is -4.25. The third-order valence-electron chi connectivity index (χ3n) is 8.08. The number of hydrogen-bond donors (Lipinski definition) is 1. The fraction of sp³-hybridized carbons (Fsp3) is 0.361. The van der Waals surface area contributed by atoms with Crippen molar-refractivity contribution >= 4 is 23.4 Å². The number of halogens is 3. The Morgan fingerprint density at radius 3 is 2.38 bits per heavy atom. The zero-order valence-corrected chi connectivity index (χ0v) is 28.2. The van der Waals surface area contributed by atoms with Crippen LogP contribution in [0.5, 0.6) is 5.75 Å². The lowest BCUT2D eigenvalue weighted by atomic mass is 9.81. The fourth-order valence-electron chi connectivity index (χ4n) is 5.63. The number of nitrogens with one attached hydrogen (secondary N) is 1. The number of rotatable bonds is 11. The van der Waals surface area contributed by atoms with Crippen LogP contribution < -0.4 is 15.0 Å². The number of amides is 1. The highest BCUT2D eigenvalue weighted by Gasteiger charge is 2.31. The van der Waals surface area contributed by atoms with Crippen molar-refractivity contribution in [3.8, 4) is 22.8 Å². The summed E-state index contributed by atoms with van der Waals surface area (Å²) >= 11 is 1.62. The summed E-state index contributed by atoms with van der Waals surface area (Å²) in [4.78, 5) is 19.8. The van der Waals surface area contributed by atoms with Crippen molar-refractivity contribution < 1.29 is 22.7 Å². The molecule has 5 rings (SSSR count). The lowest BCUT2D eigenvalue weighted by Gasteiger charge is -2.32. The first-order chi connectivity index (χ1) is 22.2. The van der Waals surface area contributed by atoms with Gasteiger partial charge in [-0.15, -0.1) is 18.3 Å². The Morgan fingerprint density at radius 2 is 1.72 bits per heavy atom. The quantitative estimate of drug-likeness (QED) is 0.173. The first-order valence-electron chi connectivity index (χ1n) is 15.6. The molecular formula is C36H40F3N5O2S. The van der Waals surface area contributed by atoms with Gasteiger partial charge in [-0.05, 0) is 90.5 Å². The minimum atomic E-state index is -4.74. The molecule has 0 saturated carbocycles. The minimum absolute atomic E-state index is 0.0296. The molecule has 248 valence electrons. The van der Waals surface area contributed by atoms with Crippen LogP contribution in [0.4, 0.5) is 18.9 Å². The minimum Gasteiger partial charge on any atom is -0.406 e. The highest BCUT2D eigenvalue weighted by Crippen LogP contribution is 2.39. The lowest BCUT2D eigenvalue weighted by Crippen LogP contribution is -2.43. The van der Waals surface area contributed by atoms with Gasteiger partial charge in [0.15, 0.2) is 11.3 Å². The van der Waals surface area contributed by atoms with E-state index in [1.807, 2.05) is 24.3 Å². The average molecular weight is 664 g/mol. The van der Waals surface area contributed by atoms with Gasteiger partial charge >= 0.3 is 6.36 Å². The largest absolute Gasteiger partial charge is 0.573 e. The molecule has 2 heterocycles. The van der Waals surface area contributed by atoms with Crippen molar-refractivity contribution in [1.82, 2.24) is 20.1 Å². The summed E-state index contributed by atoms with van der Waals surface area (Å²) in [6.45, 7) is 12.9. The molecule has 4 aromatic rings. The predicted octanol–water partition coefficient (Wildman–Crippen LogP) is 9.13. The number of aromatic nitrogens is 3. The molecule has 0 bridgehead atoms. The third kappa shape index (κ3) is 8.77. The molecule has 0 spiro atoms. The maximum atomic E-state index is 13.2. The Kier molecular flexibility index (Phi) is 10.0. The molecule has 1 aromatic heterocycles. The Morgan fingerprint density at radius 1 is 1.02 bits per heavy atom. The summed E-state index contributed by atoms with van der Waals surface area (Å²) < 4.78 is 42.8. The van der Waals surface area contributed by atoms with E-state index >= 15 is 0 Å². The maximum Gasteiger partial charge on any atom is 0.573 e. The van der Waals surface area contributed by atoms with Crippen LogP contribution >= 0.6 is 11.8 Å². The molecule has 11 heteroatoms. The molecule has 47 heavy (non-hydrogen) atoms. The van der Waals surface area contributed by atoms with Crippen LogP contribution in [0.25, 0.3) is 17.1 Å². The van der Waals surface area contributed by atoms with Crippen molar-refractivity contribution in [2.24, 2.45) is 5.41 Å². The van der Waals surface area contributed by atoms with Gasteiger partial charge in [0.25, 0.3) is 0 Å². The number of benzene rings is 3. The molecule has 1 aliphatic heterocycles. The van der Waals surface area contributed by atoms with Crippen LogP contribution in [0, 0.1) is 12.3 Å². The zero-order valence-electron chi connectivity index (χ0n) is 27.4. The van der Waals surface area contributed by atoms with Gasteiger partial charge < -0.3 is 15.0 Å². The maximum absolute atomic E-state index is 13.2. The van der Waals surface area contributed by atoms with Crippen molar-refractivity contribution in [3.05, 3.63) is 101 Å². The monoisotopic (exact) mass is 663 g/mol. The molecular weight excluding hydrogens is 623 g/mol. The van der Waals surface area contributed by atoms with E-state index in [9.17, 15) is 18.0 Å². The number of alkyl halides is 3. The average Bonchev–Trinajstić information content (AvgIpc) is 3.63. The van der Waals surface area contributed by atoms with E-state index in [4.69, 9.17) is 0 Å². The normalized spacial score (nSPS) is 15.2. The molecule has 0 radical (unpaired) electrons. The highest BCUT2D eigenvalue weighted by atomic mass is 32.2. The van der Waals surface area contributed by atoms with Gasteiger partial charge in [0, 0.05) is 23.4 Å². The molecule has 1 unspecified atom stereocenters. The SMILES string of the molecule is CC1=CSC(NC(=O)CCC(C)(C)Cc2ccc(-c3ncn(-c4ccc(OC(F)(F)F)cc4)n3)cc2)N1c1cc(C)ccc1C(C)C. The number of thioether (sulfide) groups is 1. The second kappa shape index (κ2) is 13.9. The summed E-state index contributed by atoms with van der Waals surface area (Å²) in [6, 6.07) is 20.0. The molecule has 3 aromatic carbocycles. The summed E-state index contributed by atoms with van der Waals surface area (Å²) in [5.41, 5.74) is 6.92. The molecule has 0 fully saturated rings. The van der Waals surface area contributed by atoms with E-state index in [-0.39, 0.29) is 22.6 Å². The van der Waals surface area contributed by atoms with Crippen LogP contribution in [0.1, 0.15) is 70.1 Å². The summed E-state index contributed by atoms with van der Waals surface area (Å²) in [6.07, 6.45) is -1.29. The first-order valence-corrected chi connectivity index (χ1v) is 16.5. The molecule has 0 saturated heterocycles. The van der Waals surface area contributed by atoms with Crippen LogP contribution in [-0.2, 0) is 11.2 Å². The van der Waals surface area contributed by atoms with Gasteiger partial charge in [-0.2, -0.15) is 0 Å². The predicted molar refractivity (Wildman–Crippen MR) is 181 cm³/mol. The first kappa shape index (κ1) is 34.1. The standard InChI is InChI=1S/C36H40F3N5O2S/c1-23(2)30-16-7-24(3)19-31(30)44-25(4)21-47-34(44)41-32(45)17-18-35(5,6)20-26-8-10-27(11-9-26)33-40-22-43(42-33)28-12-14-29(15-13-28)46-36(37,38)39/h7-16,19,21-23,34H,17-18,20H2,1-6H3,(H,41,45). The number of aryl methyl sites for hydroxylation is 1. The summed E-state index contributed by atoms with van der Waals surface area (Å²) in [7, 11) is 0. The number of allylic oxidation sites excluding steroid dienone is 1. The van der Waals surface area contributed by atoms with Gasteiger partial charge in [0.2, 0.25) is 5.91 Å². The van der Waals surface area contributed by atoms with Gasteiger partial charge in [-0.25, -0.2) is 9.67 Å². The van der Waals surface area contributed by atoms with Crippen molar-refractivity contribution in [1.29, 1.82) is 0 Å². The van der Waals surface area contributed by atoms with E-state index in [1.54, 1.807) is 11.8 Å². The van der Waals surface area contributed by atoms with Crippen LogP contribution in [0.3, 0.4) is 0 Å². The van der Waals surface area contributed by atoms with Crippen LogP contribution in [-0.4, -0.2) is 32.5 Å². The highest BCUT2D eigenvalue weighted by molar-refractivity contribution is 8.03. The Labute approximate surface area is 278 Å². The smallest absolute Gasteiger partial charge is 0.406 e. The fourth-order valence-corrected chi connectivity index (χ4v) is 6.67. The van der Waals surface area contributed by atoms with Gasteiger partial charge in [0.05, 0.1) is 5.69 Å². The Bertz CT molecular complexity index is 1730. The number of hydrogen-bond acceptors (Lipinski definition) is 6.